The normalized spacial score (nSPS) is 27.8. The van der Waals surface area contributed by atoms with Gasteiger partial charge in [-0.3, -0.25) is 23.4 Å². The number of carbonyl (C=O) groups is 3. The van der Waals surface area contributed by atoms with Crippen molar-refractivity contribution in [2.75, 3.05) is 26.4 Å². The van der Waals surface area contributed by atoms with Gasteiger partial charge in [0, 0.05) is 19.3 Å². The third-order valence-electron chi connectivity index (χ3n) is 20.4. The van der Waals surface area contributed by atoms with Crippen LogP contribution >= 0.6 is 7.82 Å². The highest BCUT2D eigenvalue weighted by Gasteiger charge is 2.58. The molecule has 3 aliphatic rings. The number of rotatable bonds is 62. The van der Waals surface area contributed by atoms with E-state index in [1.807, 2.05) is 0 Å². The quantitative estimate of drug-likeness (QED) is 0.0117. The lowest BCUT2D eigenvalue weighted by atomic mass is 9.84. The number of aliphatic hydroxyl groups is 10. The first kappa shape index (κ1) is 93.2. The van der Waals surface area contributed by atoms with E-state index in [0.717, 1.165) is 89.9 Å². The van der Waals surface area contributed by atoms with Gasteiger partial charge in [0.05, 0.1) is 13.2 Å². The summed E-state index contributed by atoms with van der Waals surface area (Å²) < 4.78 is 65.2. The smallest absolute Gasteiger partial charge is 0.463 e. The molecule has 20 unspecified atom stereocenters. The van der Waals surface area contributed by atoms with Gasteiger partial charge in [0.1, 0.15) is 98.7 Å². The molecule has 3 rings (SSSR count). The van der Waals surface area contributed by atoms with E-state index in [1.54, 1.807) is 0 Å². The third kappa shape index (κ3) is 39.6. The molecule has 3 fully saturated rings. The lowest BCUT2D eigenvalue weighted by Crippen LogP contribution is -2.69. The van der Waals surface area contributed by atoms with Crippen LogP contribution in [-0.2, 0) is 61.2 Å². The van der Waals surface area contributed by atoms with Crippen molar-refractivity contribution >= 4 is 25.7 Å². The SMILES string of the molecule is CCCCCCCCCCCCCCCCC(=O)OCC(COP(=O)(O)OC1C(OC2OC(CO)C(O)C(O)C2O)C(O)C(O)C(O)C1OC1OC(COC(=O)CCCCCCCCC(C)CCCCCCCC)C(O)C(O)C1O)OC(=O)CCCCCCCCC(C)CCCCCCCC. The van der Waals surface area contributed by atoms with Crippen LogP contribution < -0.4 is 0 Å². The number of phosphoric acid groups is 1. The summed E-state index contributed by atoms with van der Waals surface area (Å²) >= 11 is 0. The first-order chi connectivity index (χ1) is 48.6. The van der Waals surface area contributed by atoms with E-state index in [-0.39, 0.29) is 19.3 Å². The molecule has 25 heteroatoms. The van der Waals surface area contributed by atoms with Gasteiger partial charge in [0.25, 0.3) is 0 Å². The Bertz CT molecular complexity index is 2120. The number of esters is 3. The molecule has 101 heavy (non-hydrogen) atoms. The highest BCUT2D eigenvalue weighted by Crippen LogP contribution is 2.49. The van der Waals surface area contributed by atoms with Gasteiger partial charge in [0.2, 0.25) is 0 Å². The zero-order valence-electron chi connectivity index (χ0n) is 62.8. The predicted molar refractivity (Wildman–Crippen MR) is 384 cm³/mol. The molecule has 24 nitrogen and oxygen atoms in total. The van der Waals surface area contributed by atoms with Crippen LogP contribution in [0.1, 0.15) is 324 Å². The van der Waals surface area contributed by atoms with Crippen molar-refractivity contribution in [3.63, 3.8) is 0 Å². The van der Waals surface area contributed by atoms with E-state index in [1.165, 1.54) is 161 Å². The minimum atomic E-state index is -5.70. The Morgan fingerprint density at radius 1 is 0.376 bits per heavy atom. The first-order valence-corrected chi connectivity index (χ1v) is 41.6. The molecule has 2 aliphatic heterocycles. The average Bonchev–Trinajstić information content (AvgIpc) is 0.762. The Hall–Kier alpha value is -2.04. The van der Waals surface area contributed by atoms with Crippen molar-refractivity contribution in [2.45, 2.75) is 428 Å². The molecule has 0 aromatic carbocycles. The molecule has 0 amide bonds. The summed E-state index contributed by atoms with van der Waals surface area (Å²) in [4.78, 5) is 51.2. The molecule has 2 heterocycles. The van der Waals surface area contributed by atoms with Crippen molar-refractivity contribution < 1.29 is 117 Å². The summed E-state index contributed by atoms with van der Waals surface area (Å²) in [6.07, 6.45) is 11.6. The molecule has 0 radical (unpaired) electrons. The van der Waals surface area contributed by atoms with E-state index >= 15 is 0 Å². The molecule has 1 aliphatic carbocycles. The molecule has 11 N–H and O–H groups in total. The molecule has 0 aromatic rings. The van der Waals surface area contributed by atoms with Crippen LogP contribution in [0.3, 0.4) is 0 Å². The Labute approximate surface area is 606 Å². The maximum atomic E-state index is 14.4. The van der Waals surface area contributed by atoms with Gasteiger partial charge >= 0.3 is 25.7 Å². The van der Waals surface area contributed by atoms with Crippen LogP contribution in [0, 0.1) is 11.8 Å². The van der Waals surface area contributed by atoms with Gasteiger partial charge in [-0.25, -0.2) is 4.57 Å². The van der Waals surface area contributed by atoms with Gasteiger partial charge < -0.3 is 89.1 Å². The Morgan fingerprint density at radius 3 is 1.07 bits per heavy atom. The summed E-state index contributed by atoms with van der Waals surface area (Å²) in [6, 6.07) is 0. The van der Waals surface area contributed by atoms with Gasteiger partial charge in [-0.05, 0) is 31.1 Å². The summed E-state index contributed by atoms with van der Waals surface area (Å²) in [5.74, 6) is -0.598. The zero-order chi connectivity index (χ0) is 74.2. The van der Waals surface area contributed by atoms with Crippen LogP contribution in [-0.4, -0.2) is 204 Å². The number of ether oxygens (including phenoxy) is 7. The van der Waals surface area contributed by atoms with Crippen molar-refractivity contribution in [2.24, 2.45) is 11.8 Å². The maximum Gasteiger partial charge on any atom is 0.472 e. The second kappa shape index (κ2) is 56.2. The third-order valence-corrected chi connectivity index (χ3v) is 21.4. The van der Waals surface area contributed by atoms with E-state index < -0.39 is 156 Å². The Kier molecular flexibility index (Phi) is 51.9. The Morgan fingerprint density at radius 2 is 0.693 bits per heavy atom. The van der Waals surface area contributed by atoms with Crippen molar-refractivity contribution in [3.8, 4) is 0 Å². The molecule has 2 saturated heterocycles. The van der Waals surface area contributed by atoms with Crippen LogP contribution in [0.15, 0.2) is 0 Å². The zero-order valence-corrected chi connectivity index (χ0v) is 63.7. The highest BCUT2D eigenvalue weighted by atomic mass is 31.2. The van der Waals surface area contributed by atoms with E-state index in [4.69, 9.17) is 42.2 Å². The molecule has 596 valence electrons. The number of unbranched alkanes of at least 4 members (excludes halogenated alkanes) is 33. The minimum Gasteiger partial charge on any atom is -0.463 e. The lowest BCUT2D eigenvalue weighted by molar-refractivity contribution is -0.360. The average molecular weight is 1470 g/mol. The molecular formula is C76H143O24P. The van der Waals surface area contributed by atoms with Gasteiger partial charge in [-0.2, -0.15) is 0 Å². The summed E-state index contributed by atoms with van der Waals surface area (Å²) in [7, 11) is -5.70. The number of carbonyl (C=O) groups excluding carboxylic acids is 3. The lowest BCUT2D eigenvalue weighted by Gasteiger charge is -2.49. The van der Waals surface area contributed by atoms with Crippen LogP contribution in [0.4, 0.5) is 0 Å². The summed E-state index contributed by atoms with van der Waals surface area (Å²) in [5.41, 5.74) is 0. The predicted octanol–water partition coefficient (Wildman–Crippen LogP) is 11.8. The second-order valence-corrected chi connectivity index (χ2v) is 31.1. The molecule has 20 atom stereocenters. The standard InChI is InChI=1S/C76H143O24P/c1-6-9-12-15-18-19-20-21-22-23-24-25-34-41-48-60(78)92-52-57(95-62(80)50-43-36-29-27-33-40-47-56(5)45-38-31-17-14-11-8-3)53-94-101(90,91)100-74-72(98-75-70(88)65(83)63(81)58(51-77)96-75)68(86)67(85)69(87)73(74)99-76-71(89)66(84)64(82)59(97-76)54-93-61(79)49-42-35-28-26-32-39-46-55(4)44-37-30-16-13-10-7-2/h55-59,63-77,81-89H,6-54H2,1-5H3,(H,90,91). The largest absolute Gasteiger partial charge is 0.472 e. The molecular weight excluding hydrogens is 1330 g/mol. The van der Waals surface area contributed by atoms with E-state index in [0.29, 0.717) is 31.1 Å². The van der Waals surface area contributed by atoms with Crippen LogP contribution in [0.2, 0.25) is 0 Å². The summed E-state index contributed by atoms with van der Waals surface area (Å²) in [5, 5.41) is 110. The maximum absolute atomic E-state index is 14.4. The number of aliphatic hydroxyl groups excluding tert-OH is 10. The van der Waals surface area contributed by atoms with Gasteiger partial charge in [-0.1, -0.05) is 285 Å². The Balaban J connectivity index is 1.73. The van der Waals surface area contributed by atoms with Crippen LogP contribution in [0.25, 0.3) is 0 Å². The van der Waals surface area contributed by atoms with Crippen molar-refractivity contribution in [1.82, 2.24) is 0 Å². The fraction of sp³-hybridized carbons (Fsp3) is 0.961. The second-order valence-electron chi connectivity index (χ2n) is 29.7. The molecule has 0 bridgehead atoms. The topological polar surface area (TPSA) is 374 Å². The fourth-order valence-corrected chi connectivity index (χ4v) is 14.7. The molecule has 0 aromatic heterocycles. The van der Waals surface area contributed by atoms with E-state index in [2.05, 4.69) is 34.6 Å². The first-order valence-electron chi connectivity index (χ1n) is 40.1. The van der Waals surface area contributed by atoms with Gasteiger partial charge in [-0.15, -0.1) is 0 Å². The number of hydrogen-bond acceptors (Lipinski definition) is 23. The molecule has 1 saturated carbocycles. The van der Waals surface area contributed by atoms with Crippen molar-refractivity contribution in [3.05, 3.63) is 0 Å². The molecule has 0 spiro atoms. The minimum absolute atomic E-state index is 0.0306. The summed E-state index contributed by atoms with van der Waals surface area (Å²) in [6.45, 7) is 8.12. The fourth-order valence-electron chi connectivity index (χ4n) is 13.7. The number of phosphoric ester groups is 1. The number of hydrogen-bond donors (Lipinski definition) is 11. The monoisotopic (exact) mass is 1470 g/mol. The van der Waals surface area contributed by atoms with Crippen LogP contribution in [0.5, 0.6) is 0 Å². The highest BCUT2D eigenvalue weighted by molar-refractivity contribution is 7.47. The van der Waals surface area contributed by atoms with E-state index in [9.17, 15) is 74.9 Å². The van der Waals surface area contributed by atoms with Crippen molar-refractivity contribution in [1.29, 1.82) is 0 Å². The van der Waals surface area contributed by atoms with Gasteiger partial charge in [0.15, 0.2) is 18.7 Å².